The van der Waals surface area contributed by atoms with Crippen LogP contribution >= 0.6 is 11.6 Å². The lowest BCUT2D eigenvalue weighted by atomic mass is 10.3. The Morgan fingerprint density at radius 2 is 1.95 bits per heavy atom. The van der Waals surface area contributed by atoms with Gasteiger partial charge in [0.05, 0.1) is 6.54 Å². The highest BCUT2D eigenvalue weighted by molar-refractivity contribution is 6.30. The number of benzene rings is 1. The number of halogens is 1. The molecule has 1 aromatic carbocycles. The molecule has 0 unspecified atom stereocenters. The van der Waals surface area contributed by atoms with E-state index in [-0.39, 0.29) is 25.0 Å². The highest BCUT2D eigenvalue weighted by Gasteiger charge is 2.10. The van der Waals surface area contributed by atoms with Crippen molar-refractivity contribution in [2.75, 3.05) is 26.7 Å². The first-order valence-corrected chi connectivity index (χ1v) is 7.29. The van der Waals surface area contributed by atoms with Crippen molar-refractivity contribution in [3.8, 4) is 5.75 Å². The van der Waals surface area contributed by atoms with Crippen LogP contribution in [-0.4, -0.2) is 43.5 Å². The number of amides is 2. The first-order chi connectivity index (χ1) is 10.0. The summed E-state index contributed by atoms with van der Waals surface area (Å²) in [7, 11) is 1.73. The number of hydrogen-bond acceptors (Lipinski definition) is 3. The van der Waals surface area contributed by atoms with Gasteiger partial charge in [-0.15, -0.1) is 0 Å². The van der Waals surface area contributed by atoms with E-state index in [1.807, 2.05) is 0 Å². The summed E-state index contributed by atoms with van der Waals surface area (Å²) in [5, 5.41) is 3.14. The lowest BCUT2D eigenvalue weighted by Crippen LogP contribution is -2.40. The van der Waals surface area contributed by atoms with Gasteiger partial charge >= 0.3 is 0 Å². The highest BCUT2D eigenvalue weighted by atomic mass is 35.5. The van der Waals surface area contributed by atoms with Gasteiger partial charge in [-0.3, -0.25) is 9.59 Å². The molecule has 1 N–H and O–H groups in total. The maximum Gasteiger partial charge on any atom is 0.258 e. The highest BCUT2D eigenvalue weighted by Crippen LogP contribution is 2.15. The summed E-state index contributed by atoms with van der Waals surface area (Å²) < 4.78 is 5.28. The molecule has 0 heterocycles. The minimum absolute atomic E-state index is 0.0109. The predicted octanol–water partition coefficient (Wildman–Crippen LogP) is 2.09. The zero-order valence-electron chi connectivity index (χ0n) is 12.4. The average molecular weight is 313 g/mol. The van der Waals surface area contributed by atoms with Gasteiger partial charge in [0.1, 0.15) is 5.75 Å². The predicted molar refractivity (Wildman–Crippen MR) is 82.5 cm³/mol. The molecular formula is C15H21ClN2O3. The second-order valence-electron chi connectivity index (χ2n) is 4.69. The normalized spacial score (nSPS) is 10.0. The summed E-state index contributed by atoms with van der Waals surface area (Å²) in [6, 6.07) is 6.72. The van der Waals surface area contributed by atoms with Gasteiger partial charge in [0, 0.05) is 18.6 Å². The van der Waals surface area contributed by atoms with Gasteiger partial charge < -0.3 is 15.0 Å². The van der Waals surface area contributed by atoms with Crippen LogP contribution in [0.4, 0.5) is 0 Å². The average Bonchev–Trinajstić information content (AvgIpc) is 2.49. The Kier molecular flexibility index (Phi) is 7.61. The molecule has 1 aromatic rings. The quantitative estimate of drug-likeness (QED) is 0.799. The van der Waals surface area contributed by atoms with Crippen LogP contribution in [0.25, 0.3) is 0 Å². The molecule has 21 heavy (non-hydrogen) atoms. The molecule has 0 spiro atoms. The molecule has 0 aromatic heterocycles. The summed E-state index contributed by atoms with van der Waals surface area (Å²) >= 11 is 5.75. The zero-order chi connectivity index (χ0) is 15.7. The Bertz CT molecular complexity index is 462. The van der Waals surface area contributed by atoms with Crippen LogP contribution < -0.4 is 10.1 Å². The van der Waals surface area contributed by atoms with Crippen LogP contribution in [0.2, 0.25) is 5.02 Å². The van der Waals surface area contributed by atoms with Gasteiger partial charge in [0.25, 0.3) is 5.91 Å². The fourth-order valence-electron chi connectivity index (χ4n) is 1.56. The summed E-state index contributed by atoms with van der Waals surface area (Å²) in [5.41, 5.74) is 0. The maximum atomic E-state index is 11.7. The summed E-state index contributed by atoms with van der Waals surface area (Å²) in [6.07, 6.45) is 1.98. The molecule has 116 valence electrons. The first-order valence-electron chi connectivity index (χ1n) is 6.92. The first kappa shape index (κ1) is 17.3. The molecular weight excluding hydrogens is 292 g/mol. The third-order valence-corrected chi connectivity index (χ3v) is 3.15. The van der Waals surface area contributed by atoms with Crippen molar-refractivity contribution in [2.24, 2.45) is 0 Å². The molecule has 0 aliphatic carbocycles. The van der Waals surface area contributed by atoms with E-state index in [0.717, 1.165) is 12.8 Å². The van der Waals surface area contributed by atoms with Crippen LogP contribution in [0.3, 0.4) is 0 Å². The van der Waals surface area contributed by atoms with Crippen LogP contribution in [-0.2, 0) is 9.59 Å². The van der Waals surface area contributed by atoms with Gasteiger partial charge in [0.15, 0.2) is 6.61 Å². The van der Waals surface area contributed by atoms with Crippen LogP contribution in [0.5, 0.6) is 5.75 Å². The van der Waals surface area contributed by atoms with Crippen LogP contribution in [0, 0.1) is 0 Å². The molecule has 0 aliphatic heterocycles. The summed E-state index contributed by atoms with van der Waals surface area (Å²) in [4.78, 5) is 24.9. The second kappa shape index (κ2) is 9.23. The molecule has 5 nitrogen and oxygen atoms in total. The molecule has 6 heteroatoms. The Hall–Kier alpha value is -1.75. The van der Waals surface area contributed by atoms with E-state index in [0.29, 0.717) is 17.3 Å². The largest absolute Gasteiger partial charge is 0.484 e. The van der Waals surface area contributed by atoms with E-state index in [4.69, 9.17) is 16.3 Å². The number of carbonyl (C=O) groups excluding carboxylic acids is 2. The van der Waals surface area contributed by atoms with Gasteiger partial charge in [-0.25, -0.2) is 0 Å². The number of likely N-dealkylation sites (N-methyl/N-ethyl adjacent to an activating group) is 1. The zero-order valence-corrected chi connectivity index (χ0v) is 13.2. The molecule has 0 atom stereocenters. The molecule has 1 rings (SSSR count). The van der Waals surface area contributed by atoms with Crippen LogP contribution in [0.1, 0.15) is 19.8 Å². The minimum Gasteiger partial charge on any atom is -0.484 e. The van der Waals surface area contributed by atoms with Crippen molar-refractivity contribution < 1.29 is 14.3 Å². The summed E-state index contributed by atoms with van der Waals surface area (Å²) in [6.45, 7) is 2.62. The van der Waals surface area contributed by atoms with Crippen molar-refractivity contribution in [3.63, 3.8) is 0 Å². The number of ether oxygens (including phenoxy) is 1. The Morgan fingerprint density at radius 3 is 2.57 bits per heavy atom. The van der Waals surface area contributed by atoms with Crippen molar-refractivity contribution in [3.05, 3.63) is 29.3 Å². The molecule has 0 saturated carbocycles. The second-order valence-corrected chi connectivity index (χ2v) is 5.12. The number of hydrogen-bond donors (Lipinski definition) is 1. The Labute approximate surface area is 130 Å². The Morgan fingerprint density at radius 1 is 1.29 bits per heavy atom. The standard InChI is InChI=1S/C15H21ClN2O3/c1-3-4-9-18(2)15(20)10-17-14(19)11-21-13-7-5-12(16)6-8-13/h5-8H,3-4,9-11H2,1-2H3,(H,17,19). The molecule has 0 fully saturated rings. The molecule has 0 radical (unpaired) electrons. The number of unbranched alkanes of at least 4 members (excludes halogenated alkanes) is 1. The van der Waals surface area contributed by atoms with Gasteiger partial charge in [-0.2, -0.15) is 0 Å². The van der Waals surface area contributed by atoms with E-state index in [1.54, 1.807) is 36.2 Å². The van der Waals surface area contributed by atoms with Crippen LogP contribution in [0.15, 0.2) is 24.3 Å². The molecule has 0 saturated heterocycles. The number of carbonyl (C=O) groups is 2. The van der Waals surface area contributed by atoms with E-state index >= 15 is 0 Å². The smallest absolute Gasteiger partial charge is 0.258 e. The van der Waals surface area contributed by atoms with E-state index in [1.165, 1.54) is 0 Å². The van der Waals surface area contributed by atoms with E-state index in [9.17, 15) is 9.59 Å². The SMILES string of the molecule is CCCCN(C)C(=O)CNC(=O)COc1ccc(Cl)cc1. The third-order valence-electron chi connectivity index (χ3n) is 2.89. The molecule has 2 amide bonds. The monoisotopic (exact) mass is 312 g/mol. The van der Waals surface area contributed by atoms with E-state index < -0.39 is 0 Å². The summed E-state index contributed by atoms with van der Waals surface area (Å²) in [5.74, 6) is 0.117. The van der Waals surface area contributed by atoms with Gasteiger partial charge in [-0.05, 0) is 30.7 Å². The van der Waals surface area contributed by atoms with E-state index in [2.05, 4.69) is 12.2 Å². The number of nitrogens with one attached hydrogen (secondary N) is 1. The van der Waals surface area contributed by atoms with Gasteiger partial charge in [0.2, 0.25) is 5.91 Å². The fourth-order valence-corrected chi connectivity index (χ4v) is 1.69. The lowest BCUT2D eigenvalue weighted by molar-refractivity contribution is -0.132. The maximum absolute atomic E-state index is 11.7. The molecule has 0 aliphatic rings. The number of rotatable bonds is 8. The van der Waals surface area contributed by atoms with Crippen molar-refractivity contribution in [2.45, 2.75) is 19.8 Å². The van der Waals surface area contributed by atoms with Crippen molar-refractivity contribution in [1.29, 1.82) is 0 Å². The third kappa shape index (κ3) is 6.99. The van der Waals surface area contributed by atoms with Gasteiger partial charge in [-0.1, -0.05) is 24.9 Å². The number of nitrogens with zero attached hydrogens (tertiary/aromatic N) is 1. The topological polar surface area (TPSA) is 58.6 Å². The lowest BCUT2D eigenvalue weighted by Gasteiger charge is -2.17. The molecule has 0 bridgehead atoms. The Balaban J connectivity index is 2.24. The fraction of sp³-hybridized carbons (Fsp3) is 0.467. The van der Waals surface area contributed by atoms with Crippen molar-refractivity contribution in [1.82, 2.24) is 10.2 Å². The minimum atomic E-state index is -0.331. The van der Waals surface area contributed by atoms with Crippen molar-refractivity contribution >= 4 is 23.4 Å².